The van der Waals surface area contributed by atoms with Gasteiger partial charge in [-0.3, -0.25) is 0 Å². The van der Waals surface area contributed by atoms with Crippen molar-refractivity contribution in [2.45, 2.75) is 6.92 Å². The van der Waals surface area contributed by atoms with Crippen LogP contribution < -0.4 is 20.3 Å². The molecule has 3 N–H and O–H groups in total. The van der Waals surface area contributed by atoms with Gasteiger partial charge in [0.05, 0.1) is 24.2 Å². The molecular formula is C19H22FN5O4. The summed E-state index contributed by atoms with van der Waals surface area (Å²) in [5.74, 6) is 0.584. The largest absolute Gasteiger partial charge is 0.492 e. The van der Waals surface area contributed by atoms with Gasteiger partial charge in [0.25, 0.3) is 0 Å². The van der Waals surface area contributed by atoms with Crippen LogP contribution in [-0.2, 0) is 0 Å². The van der Waals surface area contributed by atoms with Crippen LogP contribution in [0.5, 0.6) is 5.75 Å². The van der Waals surface area contributed by atoms with Crippen LogP contribution in [0.1, 0.15) is 6.92 Å². The van der Waals surface area contributed by atoms with Crippen molar-refractivity contribution in [3.8, 4) is 5.75 Å². The number of ether oxygens (including phenoxy) is 1. The number of urea groups is 1. The Labute approximate surface area is 167 Å². The average Bonchev–Trinajstić information content (AvgIpc) is 2.71. The number of rotatable bonds is 5. The van der Waals surface area contributed by atoms with Crippen molar-refractivity contribution in [3.05, 3.63) is 42.3 Å². The molecule has 0 saturated carbocycles. The van der Waals surface area contributed by atoms with E-state index in [2.05, 4.69) is 15.6 Å². The number of anilines is 3. The van der Waals surface area contributed by atoms with E-state index in [0.29, 0.717) is 50.0 Å². The second-order valence-corrected chi connectivity index (χ2v) is 6.31. The van der Waals surface area contributed by atoms with Crippen LogP contribution >= 0.6 is 0 Å². The van der Waals surface area contributed by atoms with Gasteiger partial charge in [-0.25, -0.2) is 19.0 Å². The fraction of sp³-hybridized carbons (Fsp3) is 0.316. The lowest BCUT2D eigenvalue weighted by atomic mass is 10.3. The van der Waals surface area contributed by atoms with E-state index in [4.69, 9.17) is 9.84 Å². The Morgan fingerprint density at radius 1 is 1.17 bits per heavy atom. The first-order chi connectivity index (χ1) is 14.0. The molecule has 10 heteroatoms. The SMILES string of the molecule is CCOc1ccc(F)cc1NC(=O)Nc1ccc(N2CCN(C(=O)O)CC2)nc1. The molecule has 0 atom stereocenters. The molecule has 1 aromatic heterocycles. The molecule has 9 nitrogen and oxygen atoms in total. The number of carbonyl (C=O) groups excluding carboxylic acids is 1. The summed E-state index contributed by atoms with van der Waals surface area (Å²) in [5.41, 5.74) is 0.690. The highest BCUT2D eigenvalue weighted by molar-refractivity contribution is 6.00. The fourth-order valence-electron chi connectivity index (χ4n) is 2.94. The Bertz CT molecular complexity index is 869. The predicted molar refractivity (Wildman–Crippen MR) is 106 cm³/mol. The molecule has 3 amide bonds. The standard InChI is InChI=1S/C19H22FN5O4/c1-2-29-16-5-3-13(20)11-15(16)23-18(26)22-14-4-6-17(21-12-14)24-7-9-25(10-8-24)19(27)28/h3-6,11-12H,2,7-10H2,1H3,(H,27,28)(H2,22,23,26). The minimum atomic E-state index is -0.922. The summed E-state index contributed by atoms with van der Waals surface area (Å²) in [4.78, 5) is 30.9. The van der Waals surface area contributed by atoms with Gasteiger partial charge < -0.3 is 30.3 Å². The molecule has 2 aromatic rings. The van der Waals surface area contributed by atoms with Gasteiger partial charge in [0.1, 0.15) is 17.4 Å². The highest BCUT2D eigenvalue weighted by Gasteiger charge is 2.21. The van der Waals surface area contributed by atoms with Crippen LogP contribution in [-0.4, -0.2) is 59.9 Å². The van der Waals surface area contributed by atoms with Gasteiger partial charge in [-0.05, 0) is 31.2 Å². The molecule has 1 aliphatic heterocycles. The van der Waals surface area contributed by atoms with E-state index in [-0.39, 0.29) is 5.69 Å². The van der Waals surface area contributed by atoms with Crippen LogP contribution in [0.25, 0.3) is 0 Å². The molecule has 154 valence electrons. The van der Waals surface area contributed by atoms with Crippen LogP contribution in [0, 0.1) is 5.82 Å². The van der Waals surface area contributed by atoms with E-state index in [9.17, 15) is 14.0 Å². The Balaban J connectivity index is 1.58. The summed E-state index contributed by atoms with van der Waals surface area (Å²) in [6, 6.07) is 6.78. The van der Waals surface area contributed by atoms with Crippen molar-refractivity contribution in [1.29, 1.82) is 0 Å². The third-order valence-electron chi connectivity index (χ3n) is 4.37. The molecule has 0 aliphatic carbocycles. The van der Waals surface area contributed by atoms with Crippen molar-refractivity contribution in [1.82, 2.24) is 9.88 Å². The van der Waals surface area contributed by atoms with Gasteiger partial charge in [-0.2, -0.15) is 0 Å². The molecule has 1 saturated heterocycles. The van der Waals surface area contributed by atoms with Crippen LogP contribution in [0.3, 0.4) is 0 Å². The monoisotopic (exact) mass is 403 g/mol. The van der Waals surface area contributed by atoms with Crippen molar-refractivity contribution < 1.29 is 23.8 Å². The van der Waals surface area contributed by atoms with Crippen LogP contribution in [0.15, 0.2) is 36.5 Å². The van der Waals surface area contributed by atoms with Gasteiger partial charge in [0, 0.05) is 32.2 Å². The second-order valence-electron chi connectivity index (χ2n) is 6.31. The number of hydrogen-bond donors (Lipinski definition) is 3. The number of halogens is 1. The number of nitrogens with one attached hydrogen (secondary N) is 2. The minimum Gasteiger partial charge on any atom is -0.492 e. The summed E-state index contributed by atoms with van der Waals surface area (Å²) >= 11 is 0. The van der Waals surface area contributed by atoms with Gasteiger partial charge >= 0.3 is 12.1 Å². The number of aromatic nitrogens is 1. The molecule has 0 bridgehead atoms. The van der Waals surface area contributed by atoms with E-state index in [1.54, 1.807) is 19.1 Å². The number of nitrogens with zero attached hydrogens (tertiary/aromatic N) is 3. The molecular weight excluding hydrogens is 381 g/mol. The normalized spacial score (nSPS) is 13.7. The smallest absolute Gasteiger partial charge is 0.407 e. The summed E-state index contributed by atoms with van der Waals surface area (Å²) in [5, 5.41) is 14.2. The highest BCUT2D eigenvalue weighted by atomic mass is 19.1. The number of benzene rings is 1. The van der Waals surface area contributed by atoms with Crippen molar-refractivity contribution in [2.75, 3.05) is 48.3 Å². The van der Waals surface area contributed by atoms with E-state index in [0.717, 1.165) is 0 Å². The van der Waals surface area contributed by atoms with Crippen molar-refractivity contribution in [3.63, 3.8) is 0 Å². The van der Waals surface area contributed by atoms with E-state index >= 15 is 0 Å². The average molecular weight is 403 g/mol. The molecule has 3 rings (SSSR count). The zero-order valence-corrected chi connectivity index (χ0v) is 15.9. The second kappa shape index (κ2) is 9.09. The first-order valence-electron chi connectivity index (χ1n) is 9.15. The number of carbonyl (C=O) groups is 2. The maximum atomic E-state index is 13.5. The van der Waals surface area contributed by atoms with Gasteiger partial charge in [0.15, 0.2) is 0 Å². The summed E-state index contributed by atoms with van der Waals surface area (Å²) in [6.07, 6.45) is 0.585. The van der Waals surface area contributed by atoms with Crippen molar-refractivity contribution in [2.24, 2.45) is 0 Å². The minimum absolute atomic E-state index is 0.227. The Morgan fingerprint density at radius 2 is 1.93 bits per heavy atom. The molecule has 1 aliphatic rings. The lowest BCUT2D eigenvalue weighted by molar-refractivity contribution is 0.142. The summed E-state index contributed by atoms with van der Waals surface area (Å²) < 4.78 is 18.9. The number of piperazine rings is 1. The molecule has 1 fully saturated rings. The lowest BCUT2D eigenvalue weighted by Gasteiger charge is -2.33. The Kier molecular flexibility index (Phi) is 6.32. The number of hydrogen-bond acceptors (Lipinski definition) is 5. The Hall–Kier alpha value is -3.56. The maximum Gasteiger partial charge on any atom is 0.407 e. The van der Waals surface area contributed by atoms with Crippen LogP contribution in [0.2, 0.25) is 0 Å². The number of pyridine rings is 1. The number of carboxylic acid groups (broad SMARTS) is 1. The lowest BCUT2D eigenvalue weighted by Crippen LogP contribution is -2.48. The molecule has 0 spiro atoms. The molecule has 29 heavy (non-hydrogen) atoms. The third kappa shape index (κ3) is 5.24. The van der Waals surface area contributed by atoms with E-state index < -0.39 is 17.9 Å². The molecule has 0 unspecified atom stereocenters. The first kappa shape index (κ1) is 20.2. The van der Waals surface area contributed by atoms with Crippen molar-refractivity contribution >= 4 is 29.3 Å². The fourth-order valence-corrected chi connectivity index (χ4v) is 2.94. The van der Waals surface area contributed by atoms with E-state index in [1.807, 2.05) is 4.90 Å². The van der Waals surface area contributed by atoms with Gasteiger partial charge in [0.2, 0.25) is 0 Å². The number of amides is 3. The third-order valence-corrected chi connectivity index (χ3v) is 4.37. The molecule has 1 aromatic carbocycles. The maximum absolute atomic E-state index is 13.5. The van der Waals surface area contributed by atoms with Crippen LogP contribution in [0.4, 0.5) is 31.2 Å². The quantitative estimate of drug-likeness (QED) is 0.708. The van der Waals surface area contributed by atoms with E-state index in [1.165, 1.54) is 29.3 Å². The highest BCUT2D eigenvalue weighted by Crippen LogP contribution is 2.25. The summed E-state index contributed by atoms with van der Waals surface area (Å²) in [7, 11) is 0. The zero-order chi connectivity index (χ0) is 20.8. The Morgan fingerprint density at radius 3 is 2.55 bits per heavy atom. The molecule has 2 heterocycles. The topological polar surface area (TPSA) is 107 Å². The summed E-state index contributed by atoms with van der Waals surface area (Å²) in [6.45, 7) is 4.10. The first-order valence-corrected chi connectivity index (χ1v) is 9.15. The predicted octanol–water partition coefficient (Wildman–Crippen LogP) is 3.06. The zero-order valence-electron chi connectivity index (χ0n) is 15.9. The molecule has 0 radical (unpaired) electrons. The van der Waals surface area contributed by atoms with Gasteiger partial charge in [-0.15, -0.1) is 0 Å². The van der Waals surface area contributed by atoms with Gasteiger partial charge in [-0.1, -0.05) is 0 Å².